The highest BCUT2D eigenvalue weighted by molar-refractivity contribution is 7.07. The zero-order valence-electron chi connectivity index (χ0n) is 6.50. The third-order valence-electron chi connectivity index (χ3n) is 1.09. The van der Waals surface area contributed by atoms with Gasteiger partial charge in [0.25, 0.3) is 0 Å². The van der Waals surface area contributed by atoms with Gasteiger partial charge in [-0.15, -0.1) is 11.3 Å². The summed E-state index contributed by atoms with van der Waals surface area (Å²) in [5.41, 5.74) is 4.37. The molecule has 3 nitrogen and oxygen atoms in total. The average molecular weight is 169 g/mol. The van der Waals surface area contributed by atoms with Gasteiger partial charge in [0, 0.05) is 5.38 Å². The molecule has 0 atom stereocenters. The first kappa shape index (κ1) is 8.20. The molecule has 0 aromatic carbocycles. The summed E-state index contributed by atoms with van der Waals surface area (Å²) in [5, 5.41) is 5.71. The molecular weight excluding hydrogens is 160 g/mol. The van der Waals surface area contributed by atoms with Crippen LogP contribution in [0.4, 0.5) is 0 Å². The molecule has 59 valence electrons. The molecule has 0 aliphatic rings. The van der Waals surface area contributed by atoms with Crippen LogP contribution in [0.15, 0.2) is 10.5 Å². The molecule has 1 aromatic heterocycles. The monoisotopic (exact) mass is 169 g/mol. The molecule has 1 radical (unpaired) electrons. The maximum absolute atomic E-state index is 4.86. The smallest absolute Gasteiger partial charge is 0.152 e. The number of rotatable bonds is 3. The standard InChI is InChI=1S/C7H9N2OS/c1-3-10-9-6(2)7-4-11-5-8-7/h4H,3H2,1-2H3. The highest BCUT2D eigenvalue weighted by Gasteiger charge is 1.98. The minimum absolute atomic E-state index is 0.588. The summed E-state index contributed by atoms with van der Waals surface area (Å²) in [4.78, 5) is 8.81. The van der Waals surface area contributed by atoms with E-state index in [1.165, 1.54) is 11.3 Å². The van der Waals surface area contributed by atoms with Gasteiger partial charge < -0.3 is 4.84 Å². The van der Waals surface area contributed by atoms with Gasteiger partial charge in [-0.2, -0.15) is 0 Å². The van der Waals surface area contributed by atoms with Crippen LogP contribution in [0.2, 0.25) is 0 Å². The Hall–Kier alpha value is -0.900. The Morgan fingerprint density at radius 1 is 1.91 bits per heavy atom. The van der Waals surface area contributed by atoms with Crippen LogP contribution in [-0.2, 0) is 4.84 Å². The van der Waals surface area contributed by atoms with Crippen LogP contribution in [0.25, 0.3) is 0 Å². The second-order valence-electron chi connectivity index (χ2n) is 1.92. The maximum Gasteiger partial charge on any atom is 0.152 e. The van der Waals surface area contributed by atoms with E-state index in [1.807, 2.05) is 19.2 Å². The lowest BCUT2D eigenvalue weighted by molar-refractivity contribution is 0.159. The van der Waals surface area contributed by atoms with E-state index in [-0.39, 0.29) is 0 Å². The number of nitrogens with zero attached hydrogens (tertiary/aromatic N) is 2. The molecule has 0 N–H and O–H groups in total. The van der Waals surface area contributed by atoms with Gasteiger partial charge in [-0.05, 0) is 13.8 Å². The van der Waals surface area contributed by atoms with E-state index in [0.29, 0.717) is 6.61 Å². The first-order chi connectivity index (χ1) is 5.34. The molecule has 0 aliphatic carbocycles. The van der Waals surface area contributed by atoms with Crippen molar-refractivity contribution in [3.8, 4) is 0 Å². The summed E-state index contributed by atoms with van der Waals surface area (Å²) >= 11 is 1.43. The SMILES string of the molecule is CCON=C(C)c1cs[c]n1. The van der Waals surface area contributed by atoms with Crippen LogP contribution < -0.4 is 0 Å². The lowest BCUT2D eigenvalue weighted by atomic mass is 10.3. The van der Waals surface area contributed by atoms with E-state index in [0.717, 1.165) is 11.4 Å². The molecule has 11 heavy (non-hydrogen) atoms. The minimum Gasteiger partial charge on any atom is -0.396 e. The summed E-state index contributed by atoms with van der Waals surface area (Å²) in [6, 6.07) is 0. The molecule has 0 saturated carbocycles. The molecule has 0 fully saturated rings. The molecule has 4 heteroatoms. The van der Waals surface area contributed by atoms with E-state index in [1.54, 1.807) is 0 Å². The van der Waals surface area contributed by atoms with Crippen molar-refractivity contribution in [2.45, 2.75) is 13.8 Å². The summed E-state index contributed by atoms with van der Waals surface area (Å²) in [6.45, 7) is 4.34. The number of hydrogen-bond donors (Lipinski definition) is 0. The molecule has 0 spiro atoms. The van der Waals surface area contributed by atoms with Gasteiger partial charge in [0.2, 0.25) is 0 Å². The Kier molecular flexibility index (Phi) is 3.04. The zero-order chi connectivity index (χ0) is 8.10. The van der Waals surface area contributed by atoms with Crippen molar-refractivity contribution in [2.24, 2.45) is 5.16 Å². The fourth-order valence-electron chi connectivity index (χ4n) is 0.558. The van der Waals surface area contributed by atoms with E-state index >= 15 is 0 Å². The molecule has 0 amide bonds. The van der Waals surface area contributed by atoms with E-state index in [9.17, 15) is 0 Å². The third kappa shape index (κ3) is 2.31. The topological polar surface area (TPSA) is 34.5 Å². The molecule has 1 heterocycles. The molecule has 1 rings (SSSR count). The van der Waals surface area contributed by atoms with Gasteiger partial charge in [-0.1, -0.05) is 5.16 Å². The molecule has 0 bridgehead atoms. The van der Waals surface area contributed by atoms with Crippen molar-refractivity contribution in [1.82, 2.24) is 4.98 Å². The van der Waals surface area contributed by atoms with Crippen LogP contribution in [-0.4, -0.2) is 17.3 Å². The van der Waals surface area contributed by atoms with Crippen molar-refractivity contribution < 1.29 is 4.84 Å². The Bertz CT molecular complexity index is 231. The Morgan fingerprint density at radius 2 is 2.73 bits per heavy atom. The highest BCUT2D eigenvalue weighted by Crippen LogP contribution is 2.01. The Morgan fingerprint density at radius 3 is 3.27 bits per heavy atom. The Balaban J connectivity index is 2.62. The van der Waals surface area contributed by atoms with E-state index in [2.05, 4.69) is 15.7 Å². The predicted octanol–water partition coefficient (Wildman–Crippen LogP) is 1.70. The fraction of sp³-hybridized carbons (Fsp3) is 0.429. The lowest BCUT2D eigenvalue weighted by Gasteiger charge is -1.94. The summed E-state index contributed by atoms with van der Waals surface area (Å²) in [5.74, 6) is 0. The van der Waals surface area contributed by atoms with Crippen LogP contribution in [0.3, 0.4) is 0 Å². The first-order valence-corrected chi connectivity index (χ1v) is 4.21. The van der Waals surface area contributed by atoms with E-state index < -0.39 is 0 Å². The van der Waals surface area contributed by atoms with Crippen molar-refractivity contribution in [3.63, 3.8) is 0 Å². The molecular formula is C7H9N2OS. The highest BCUT2D eigenvalue weighted by atomic mass is 32.1. The second kappa shape index (κ2) is 4.08. The number of aromatic nitrogens is 1. The largest absolute Gasteiger partial charge is 0.396 e. The van der Waals surface area contributed by atoms with Crippen LogP contribution in [0, 0.1) is 5.51 Å². The molecule has 0 saturated heterocycles. The lowest BCUT2D eigenvalue weighted by Crippen LogP contribution is -1.95. The van der Waals surface area contributed by atoms with Gasteiger partial charge in [0.15, 0.2) is 5.51 Å². The normalized spacial score (nSPS) is 11.6. The van der Waals surface area contributed by atoms with Gasteiger partial charge in [-0.3, -0.25) is 0 Å². The maximum atomic E-state index is 4.86. The van der Waals surface area contributed by atoms with Gasteiger partial charge >= 0.3 is 0 Å². The Labute approximate surface area is 69.7 Å². The molecule has 0 aliphatic heterocycles. The van der Waals surface area contributed by atoms with Crippen molar-refractivity contribution in [2.75, 3.05) is 6.61 Å². The quantitative estimate of drug-likeness (QED) is 0.510. The van der Waals surface area contributed by atoms with Crippen molar-refractivity contribution in [1.29, 1.82) is 0 Å². The van der Waals surface area contributed by atoms with E-state index in [4.69, 9.17) is 4.84 Å². The third-order valence-corrected chi connectivity index (χ3v) is 1.63. The average Bonchev–Trinajstić information content (AvgIpc) is 2.52. The predicted molar refractivity (Wildman–Crippen MR) is 44.8 cm³/mol. The second-order valence-corrected chi connectivity index (χ2v) is 2.57. The summed E-state index contributed by atoms with van der Waals surface area (Å²) in [7, 11) is 0. The van der Waals surface area contributed by atoms with Crippen LogP contribution >= 0.6 is 11.3 Å². The molecule has 1 aromatic rings. The van der Waals surface area contributed by atoms with Crippen LogP contribution in [0.5, 0.6) is 0 Å². The minimum atomic E-state index is 0.588. The summed E-state index contributed by atoms with van der Waals surface area (Å²) < 4.78 is 0. The number of hydrogen-bond acceptors (Lipinski definition) is 4. The zero-order valence-corrected chi connectivity index (χ0v) is 7.31. The summed E-state index contributed by atoms with van der Waals surface area (Å²) in [6.07, 6.45) is 0. The van der Waals surface area contributed by atoms with Gasteiger partial charge in [0.05, 0.1) is 5.69 Å². The fourth-order valence-corrected chi connectivity index (χ4v) is 1.10. The van der Waals surface area contributed by atoms with Gasteiger partial charge in [-0.25, -0.2) is 4.98 Å². The number of oxime groups is 1. The number of thiazole rings is 1. The van der Waals surface area contributed by atoms with Gasteiger partial charge in [0.1, 0.15) is 12.3 Å². The first-order valence-electron chi connectivity index (χ1n) is 3.33. The van der Waals surface area contributed by atoms with Crippen molar-refractivity contribution >= 4 is 17.0 Å². The van der Waals surface area contributed by atoms with Crippen LogP contribution in [0.1, 0.15) is 19.5 Å². The molecule has 0 unspecified atom stereocenters. The van der Waals surface area contributed by atoms with Crippen molar-refractivity contribution in [3.05, 3.63) is 16.6 Å².